The lowest BCUT2D eigenvalue weighted by Gasteiger charge is -2.25. The van der Waals surface area contributed by atoms with Crippen LogP contribution in [-0.4, -0.2) is 73.4 Å². The summed E-state index contributed by atoms with van der Waals surface area (Å²) in [5.74, 6) is -0.196. The van der Waals surface area contributed by atoms with E-state index in [-0.39, 0.29) is 19.1 Å². The summed E-state index contributed by atoms with van der Waals surface area (Å²) >= 11 is 0. The second kappa shape index (κ2) is 33.1. The van der Waals surface area contributed by atoms with Crippen LogP contribution in [-0.2, 0) is 18.4 Å². The van der Waals surface area contributed by atoms with Crippen LogP contribution >= 0.6 is 7.82 Å². The van der Waals surface area contributed by atoms with Gasteiger partial charge in [0.05, 0.1) is 39.9 Å². The maximum absolute atomic E-state index is 12.6. The molecule has 3 N–H and O–H groups in total. The number of quaternary nitrogens is 1. The summed E-state index contributed by atoms with van der Waals surface area (Å²) in [5, 5.41) is 13.4. The Labute approximate surface area is 307 Å². The number of phosphoric ester groups is 1. The summed E-state index contributed by atoms with van der Waals surface area (Å²) in [6.07, 6.45) is 42.3. The number of phosphoric acid groups is 1. The first-order valence-corrected chi connectivity index (χ1v) is 21.2. The molecule has 0 saturated carbocycles. The second-order valence-corrected chi connectivity index (χ2v) is 15.7. The van der Waals surface area contributed by atoms with E-state index in [1.807, 2.05) is 34.1 Å². The van der Waals surface area contributed by atoms with Crippen LogP contribution in [0.3, 0.4) is 0 Å². The predicted octanol–water partition coefficient (Wildman–Crippen LogP) is 10.3. The number of allylic oxidation sites excluding steroid dienone is 9. The van der Waals surface area contributed by atoms with Crippen molar-refractivity contribution in [2.24, 2.45) is 0 Å². The molecule has 3 unspecified atom stereocenters. The molecule has 0 aromatic carbocycles. The zero-order valence-corrected chi connectivity index (χ0v) is 33.5. The van der Waals surface area contributed by atoms with E-state index in [4.69, 9.17) is 9.05 Å². The Morgan fingerprint density at radius 2 is 1.20 bits per heavy atom. The number of aliphatic hydroxyl groups is 1. The van der Waals surface area contributed by atoms with Crippen LogP contribution in [0.5, 0.6) is 0 Å². The first kappa shape index (κ1) is 48.2. The Morgan fingerprint density at radius 1 is 0.700 bits per heavy atom. The fraction of sp³-hybridized carbons (Fsp3) is 0.732. The average molecular weight is 724 g/mol. The minimum atomic E-state index is -4.31. The number of hydrogen-bond donors (Lipinski definition) is 3. The molecule has 0 bridgehead atoms. The van der Waals surface area contributed by atoms with Crippen LogP contribution in [0.15, 0.2) is 60.8 Å². The van der Waals surface area contributed by atoms with Gasteiger partial charge in [-0.2, -0.15) is 0 Å². The molecule has 0 aromatic heterocycles. The van der Waals surface area contributed by atoms with E-state index < -0.39 is 20.0 Å². The van der Waals surface area contributed by atoms with Crippen LogP contribution in [0.2, 0.25) is 0 Å². The summed E-state index contributed by atoms with van der Waals surface area (Å²) in [6, 6.07) is -0.844. The van der Waals surface area contributed by atoms with Crippen LogP contribution in [0.4, 0.5) is 0 Å². The van der Waals surface area contributed by atoms with Crippen molar-refractivity contribution in [3.8, 4) is 0 Å². The van der Waals surface area contributed by atoms with Gasteiger partial charge in [0.15, 0.2) is 0 Å². The highest BCUT2D eigenvalue weighted by Gasteiger charge is 2.27. The van der Waals surface area contributed by atoms with Crippen molar-refractivity contribution in [3.05, 3.63) is 60.8 Å². The van der Waals surface area contributed by atoms with Crippen molar-refractivity contribution in [2.75, 3.05) is 40.9 Å². The highest BCUT2D eigenvalue weighted by atomic mass is 31.2. The van der Waals surface area contributed by atoms with E-state index in [1.165, 1.54) is 64.2 Å². The third kappa shape index (κ3) is 34.6. The fourth-order valence-corrected chi connectivity index (χ4v) is 5.83. The normalized spacial score (nSPS) is 15.3. The lowest BCUT2D eigenvalue weighted by Crippen LogP contribution is -2.45. The number of nitrogens with zero attached hydrogens (tertiary/aromatic N) is 1. The third-order valence-electron chi connectivity index (χ3n) is 8.22. The number of nitrogens with one attached hydrogen (secondary N) is 1. The minimum absolute atomic E-state index is 0.0570. The van der Waals surface area contributed by atoms with Gasteiger partial charge in [0, 0.05) is 6.42 Å². The number of aliphatic hydroxyl groups excluding tert-OH is 1. The molecule has 0 heterocycles. The Bertz CT molecular complexity index is 1000. The molecular weight excluding hydrogens is 647 g/mol. The SMILES string of the molecule is CC/C=C\C/C=C\C/C=C\C/C=C\CCCCCCCCCCCCCCC(=O)NC(COP(=O)(O)OCC[N+](C)(C)C)C(O)/C=C/CCC. The Morgan fingerprint density at radius 3 is 1.72 bits per heavy atom. The molecule has 0 aromatic rings. The largest absolute Gasteiger partial charge is 0.472 e. The Balaban J connectivity index is 3.96. The van der Waals surface area contributed by atoms with Gasteiger partial charge in [-0.3, -0.25) is 13.8 Å². The molecule has 50 heavy (non-hydrogen) atoms. The summed E-state index contributed by atoms with van der Waals surface area (Å²) < 4.78 is 23.2. The molecule has 0 radical (unpaired) electrons. The number of likely N-dealkylation sites (N-methyl/N-ethyl adjacent to an activating group) is 1. The van der Waals surface area contributed by atoms with Gasteiger partial charge in [-0.1, -0.05) is 145 Å². The molecule has 0 spiro atoms. The van der Waals surface area contributed by atoms with Crippen molar-refractivity contribution in [1.29, 1.82) is 0 Å². The summed E-state index contributed by atoms with van der Waals surface area (Å²) in [4.78, 5) is 22.7. The van der Waals surface area contributed by atoms with E-state index >= 15 is 0 Å². The second-order valence-electron chi connectivity index (χ2n) is 14.3. The molecule has 0 rings (SSSR count). The van der Waals surface area contributed by atoms with Crippen molar-refractivity contribution < 1.29 is 32.9 Å². The van der Waals surface area contributed by atoms with Gasteiger partial charge in [-0.25, -0.2) is 4.57 Å². The van der Waals surface area contributed by atoms with Crippen LogP contribution in [0, 0.1) is 0 Å². The van der Waals surface area contributed by atoms with Gasteiger partial charge < -0.3 is 19.8 Å². The molecule has 290 valence electrons. The molecule has 0 fully saturated rings. The van der Waals surface area contributed by atoms with E-state index in [0.717, 1.165) is 57.8 Å². The topological polar surface area (TPSA) is 105 Å². The highest BCUT2D eigenvalue weighted by Crippen LogP contribution is 2.43. The zero-order valence-electron chi connectivity index (χ0n) is 32.6. The number of carbonyl (C=O) groups is 1. The molecule has 3 atom stereocenters. The van der Waals surface area contributed by atoms with Gasteiger partial charge in [-0.15, -0.1) is 0 Å². The smallest absolute Gasteiger partial charge is 0.387 e. The van der Waals surface area contributed by atoms with Gasteiger partial charge >= 0.3 is 7.82 Å². The molecule has 1 amide bonds. The minimum Gasteiger partial charge on any atom is -0.387 e. The van der Waals surface area contributed by atoms with Gasteiger partial charge in [0.25, 0.3) is 0 Å². The average Bonchev–Trinajstić information content (AvgIpc) is 3.06. The molecule has 0 aliphatic rings. The quantitative estimate of drug-likeness (QED) is 0.0264. The Hall–Kier alpha value is -1.80. The molecular formula is C41H76N2O6P+. The maximum atomic E-state index is 12.6. The molecule has 8 nitrogen and oxygen atoms in total. The van der Waals surface area contributed by atoms with E-state index in [0.29, 0.717) is 17.4 Å². The van der Waals surface area contributed by atoms with Gasteiger partial charge in [-0.05, 0) is 51.4 Å². The summed E-state index contributed by atoms with van der Waals surface area (Å²) in [6.45, 7) is 4.46. The number of hydrogen-bond acceptors (Lipinski definition) is 5. The monoisotopic (exact) mass is 724 g/mol. The number of rotatable bonds is 34. The van der Waals surface area contributed by atoms with Crippen molar-refractivity contribution in [1.82, 2.24) is 5.32 Å². The van der Waals surface area contributed by atoms with Crippen molar-refractivity contribution in [3.63, 3.8) is 0 Å². The maximum Gasteiger partial charge on any atom is 0.472 e. The zero-order chi connectivity index (χ0) is 37.2. The van der Waals surface area contributed by atoms with Crippen LogP contribution in [0.25, 0.3) is 0 Å². The van der Waals surface area contributed by atoms with Crippen LogP contribution in [0.1, 0.15) is 142 Å². The van der Waals surface area contributed by atoms with Crippen molar-refractivity contribution >= 4 is 13.7 Å². The standard InChI is InChI=1S/C41H75N2O6P/c1-6-8-10-11-12-13-14-15-16-17-18-19-20-21-22-23-24-25-26-27-28-29-30-31-33-35-41(45)42-39(40(44)34-32-9-7-2)38-49-50(46,47)48-37-36-43(3,4)5/h8,10,12-13,15-16,18-19,32,34,39-40,44H,6-7,9,11,14,17,20-31,33,35-38H2,1-5H3,(H-,42,45,46,47)/p+1/b10-8-,13-12-,16-15-,19-18-,34-32+. The van der Waals surface area contributed by atoms with E-state index in [1.54, 1.807) is 6.08 Å². The van der Waals surface area contributed by atoms with Crippen LogP contribution < -0.4 is 5.32 Å². The molecule has 0 saturated heterocycles. The first-order chi connectivity index (χ1) is 24.0. The highest BCUT2D eigenvalue weighted by molar-refractivity contribution is 7.47. The predicted molar refractivity (Wildman–Crippen MR) is 212 cm³/mol. The lowest BCUT2D eigenvalue weighted by molar-refractivity contribution is -0.870. The van der Waals surface area contributed by atoms with E-state index in [2.05, 4.69) is 60.8 Å². The molecule has 9 heteroatoms. The molecule has 0 aliphatic carbocycles. The summed E-state index contributed by atoms with van der Waals surface area (Å²) in [7, 11) is 1.55. The van der Waals surface area contributed by atoms with Gasteiger partial charge in [0.1, 0.15) is 13.2 Å². The Kier molecular flexibility index (Phi) is 31.9. The molecule has 0 aliphatic heterocycles. The summed E-state index contributed by atoms with van der Waals surface area (Å²) in [5.41, 5.74) is 0. The number of carbonyl (C=O) groups excluding carboxylic acids is 1. The van der Waals surface area contributed by atoms with Crippen molar-refractivity contribution in [2.45, 2.75) is 154 Å². The first-order valence-electron chi connectivity index (χ1n) is 19.7. The van der Waals surface area contributed by atoms with Gasteiger partial charge in [0.2, 0.25) is 5.91 Å². The number of unbranched alkanes of at least 4 members (excludes halogenated alkanes) is 13. The van der Waals surface area contributed by atoms with E-state index in [9.17, 15) is 19.4 Å². The fourth-order valence-electron chi connectivity index (χ4n) is 5.10. The number of amides is 1. The third-order valence-corrected chi connectivity index (χ3v) is 9.21. The lowest BCUT2D eigenvalue weighted by atomic mass is 10.0.